The zero-order chi connectivity index (χ0) is 13.6. The van der Waals surface area contributed by atoms with Crippen LogP contribution in [-0.2, 0) is 14.6 Å². The molecule has 0 aliphatic carbocycles. The van der Waals surface area contributed by atoms with Gasteiger partial charge in [0.15, 0.2) is 4.32 Å². The van der Waals surface area contributed by atoms with E-state index in [-0.39, 0.29) is 5.75 Å². The van der Waals surface area contributed by atoms with Crippen LogP contribution < -0.4 is 0 Å². The minimum absolute atomic E-state index is 0.0138. The minimum Gasteiger partial charge on any atom is -0.357 e. The maximum Gasteiger partial charge on any atom is 0.212 e. The van der Waals surface area contributed by atoms with Crippen molar-refractivity contribution in [1.29, 1.82) is 0 Å². The molecule has 0 atom stereocenters. The van der Waals surface area contributed by atoms with Crippen molar-refractivity contribution in [3.8, 4) is 0 Å². The Labute approximate surface area is 118 Å². The summed E-state index contributed by atoms with van der Waals surface area (Å²) in [5, 5.41) is 0. The van der Waals surface area contributed by atoms with Gasteiger partial charge in [-0.25, -0.2) is 8.42 Å². The van der Waals surface area contributed by atoms with Crippen LogP contribution in [0.4, 0.5) is 0 Å². The normalized spacial score (nSPS) is 11.2. The Morgan fingerprint density at radius 3 is 2.28 bits per heavy atom. The number of thiocarbonyl (C=S) groups is 1. The van der Waals surface area contributed by atoms with Crippen molar-refractivity contribution in [3.05, 3.63) is 35.9 Å². The Morgan fingerprint density at radius 1 is 1.22 bits per heavy atom. The van der Waals surface area contributed by atoms with Gasteiger partial charge in [0.25, 0.3) is 0 Å². The zero-order valence-electron chi connectivity index (χ0n) is 10.5. The van der Waals surface area contributed by atoms with E-state index in [1.54, 1.807) is 12.1 Å². The molecule has 0 radical (unpaired) electrons. The van der Waals surface area contributed by atoms with Gasteiger partial charge in [0.05, 0.1) is 5.75 Å². The van der Waals surface area contributed by atoms with Crippen molar-refractivity contribution in [2.45, 2.75) is 19.6 Å². The molecule has 1 aromatic rings. The van der Waals surface area contributed by atoms with Gasteiger partial charge in [-0.05, 0) is 19.4 Å². The van der Waals surface area contributed by atoms with E-state index in [0.29, 0.717) is 4.32 Å². The highest BCUT2D eigenvalue weighted by Gasteiger charge is 2.18. The highest BCUT2D eigenvalue weighted by atomic mass is 33.1. The van der Waals surface area contributed by atoms with E-state index < -0.39 is 8.87 Å². The number of benzene rings is 1. The molecule has 3 nitrogen and oxygen atoms in total. The summed E-state index contributed by atoms with van der Waals surface area (Å²) in [6.07, 6.45) is 0. The quantitative estimate of drug-likeness (QED) is 0.617. The molecule has 0 saturated heterocycles. The Balaban J connectivity index is 2.68. The van der Waals surface area contributed by atoms with Crippen LogP contribution in [-0.4, -0.2) is 30.7 Å². The third-order valence-corrected chi connectivity index (χ3v) is 6.16. The zero-order valence-corrected chi connectivity index (χ0v) is 12.9. The Hall–Kier alpha value is -0.590. The van der Waals surface area contributed by atoms with Crippen molar-refractivity contribution >= 4 is 36.2 Å². The standard InChI is InChI=1S/C12H17NO2S3/c1-3-13(4-2)12(16)17-18(14,15)10-11-8-6-5-7-9-11/h5-9H,3-4,10H2,1-2H3. The molecule has 0 spiro atoms. The number of hydrogen-bond donors (Lipinski definition) is 0. The second kappa shape index (κ2) is 7.11. The SMILES string of the molecule is CCN(CC)C(=S)SS(=O)(=O)Cc1ccccc1. The Bertz CT molecular complexity index is 481. The second-order valence-electron chi connectivity index (χ2n) is 3.71. The molecule has 1 rings (SSSR count). The maximum atomic E-state index is 12.0. The molecule has 0 unspecified atom stereocenters. The maximum absolute atomic E-state index is 12.0. The first-order chi connectivity index (χ1) is 8.48. The van der Waals surface area contributed by atoms with Gasteiger partial charge in [-0.3, -0.25) is 0 Å². The molecule has 100 valence electrons. The van der Waals surface area contributed by atoms with Crippen molar-refractivity contribution in [2.24, 2.45) is 0 Å². The number of nitrogens with zero attached hydrogens (tertiary/aromatic N) is 1. The van der Waals surface area contributed by atoms with Crippen LogP contribution in [0.1, 0.15) is 19.4 Å². The molecule has 0 amide bonds. The molecule has 6 heteroatoms. The number of hydrogen-bond acceptors (Lipinski definition) is 4. The molecule has 0 N–H and O–H groups in total. The van der Waals surface area contributed by atoms with Crippen molar-refractivity contribution < 1.29 is 8.42 Å². The first kappa shape index (κ1) is 15.5. The molecular weight excluding hydrogens is 286 g/mol. The molecular formula is C12H17NO2S3. The average molecular weight is 303 g/mol. The van der Waals surface area contributed by atoms with Gasteiger partial charge in [-0.15, -0.1) is 0 Å². The summed E-state index contributed by atoms with van der Waals surface area (Å²) in [5.74, 6) is 0.0138. The fourth-order valence-electron chi connectivity index (χ4n) is 1.45. The van der Waals surface area contributed by atoms with Crippen LogP contribution in [0.2, 0.25) is 0 Å². The number of rotatable bonds is 5. The van der Waals surface area contributed by atoms with Crippen LogP contribution in [0.5, 0.6) is 0 Å². The molecule has 0 heterocycles. The third-order valence-electron chi connectivity index (χ3n) is 2.41. The average Bonchev–Trinajstić information content (AvgIpc) is 2.30. The first-order valence-electron chi connectivity index (χ1n) is 5.73. The summed E-state index contributed by atoms with van der Waals surface area (Å²) in [6.45, 7) is 5.37. The van der Waals surface area contributed by atoms with E-state index in [2.05, 4.69) is 0 Å². The van der Waals surface area contributed by atoms with Crippen LogP contribution >= 0.6 is 23.0 Å². The predicted molar refractivity (Wildman–Crippen MR) is 82.2 cm³/mol. The summed E-state index contributed by atoms with van der Waals surface area (Å²) in [6, 6.07) is 9.14. The van der Waals surface area contributed by atoms with E-state index in [9.17, 15) is 8.42 Å². The Morgan fingerprint density at radius 2 is 1.78 bits per heavy atom. The summed E-state index contributed by atoms with van der Waals surface area (Å²) in [4.78, 5) is 1.86. The van der Waals surface area contributed by atoms with Gasteiger partial charge in [0.1, 0.15) is 0 Å². The summed E-state index contributed by atoms with van der Waals surface area (Å²) >= 11 is 5.15. The van der Waals surface area contributed by atoms with Crippen molar-refractivity contribution in [3.63, 3.8) is 0 Å². The van der Waals surface area contributed by atoms with Crippen LogP contribution in [0.25, 0.3) is 0 Å². The van der Waals surface area contributed by atoms with Crippen LogP contribution in [0.15, 0.2) is 30.3 Å². The van der Waals surface area contributed by atoms with E-state index in [1.165, 1.54) is 0 Å². The molecule has 0 aliphatic rings. The molecule has 1 aromatic carbocycles. The van der Waals surface area contributed by atoms with E-state index >= 15 is 0 Å². The molecule has 0 aromatic heterocycles. The van der Waals surface area contributed by atoms with Gasteiger partial charge < -0.3 is 4.90 Å². The molecule has 0 aliphatic heterocycles. The highest BCUT2D eigenvalue weighted by Crippen LogP contribution is 2.22. The molecule has 0 saturated carbocycles. The van der Waals surface area contributed by atoms with E-state index in [0.717, 1.165) is 29.4 Å². The lowest BCUT2D eigenvalue weighted by Gasteiger charge is -2.20. The smallest absolute Gasteiger partial charge is 0.212 e. The monoisotopic (exact) mass is 303 g/mol. The molecule has 0 bridgehead atoms. The van der Waals surface area contributed by atoms with Crippen molar-refractivity contribution in [1.82, 2.24) is 4.90 Å². The lowest BCUT2D eigenvalue weighted by Crippen LogP contribution is -2.27. The molecule has 0 fully saturated rings. The van der Waals surface area contributed by atoms with E-state index in [4.69, 9.17) is 12.2 Å². The third kappa shape index (κ3) is 4.96. The molecule has 18 heavy (non-hydrogen) atoms. The predicted octanol–water partition coefficient (Wildman–Crippen LogP) is 2.88. The van der Waals surface area contributed by atoms with Crippen LogP contribution in [0, 0.1) is 0 Å². The highest BCUT2D eigenvalue weighted by molar-refractivity contribution is 8.79. The van der Waals surface area contributed by atoms with Gasteiger partial charge in [0, 0.05) is 23.9 Å². The van der Waals surface area contributed by atoms with Gasteiger partial charge >= 0.3 is 0 Å². The fraction of sp³-hybridized carbons (Fsp3) is 0.417. The lowest BCUT2D eigenvalue weighted by molar-refractivity contribution is 0.482. The minimum atomic E-state index is -3.27. The summed E-state index contributed by atoms with van der Waals surface area (Å²) in [5.41, 5.74) is 0.785. The largest absolute Gasteiger partial charge is 0.357 e. The topological polar surface area (TPSA) is 37.4 Å². The fourth-order valence-corrected chi connectivity index (χ4v) is 5.44. The van der Waals surface area contributed by atoms with E-state index in [1.807, 2.05) is 36.9 Å². The second-order valence-corrected chi connectivity index (χ2v) is 8.34. The summed E-state index contributed by atoms with van der Waals surface area (Å²) < 4.78 is 24.4. The van der Waals surface area contributed by atoms with Crippen molar-refractivity contribution in [2.75, 3.05) is 13.1 Å². The van der Waals surface area contributed by atoms with Gasteiger partial charge in [0.2, 0.25) is 8.87 Å². The Kier molecular flexibility index (Phi) is 6.11. The lowest BCUT2D eigenvalue weighted by atomic mass is 10.2. The van der Waals surface area contributed by atoms with Crippen LogP contribution in [0.3, 0.4) is 0 Å². The van der Waals surface area contributed by atoms with Gasteiger partial charge in [-0.1, -0.05) is 42.5 Å². The summed E-state index contributed by atoms with van der Waals surface area (Å²) in [7, 11) is -2.48. The van der Waals surface area contributed by atoms with Gasteiger partial charge in [-0.2, -0.15) is 0 Å². The first-order valence-corrected chi connectivity index (χ1v) is 9.13.